The van der Waals surface area contributed by atoms with Gasteiger partial charge in [-0.25, -0.2) is 4.79 Å². The van der Waals surface area contributed by atoms with Crippen LogP contribution in [0.3, 0.4) is 0 Å². The summed E-state index contributed by atoms with van der Waals surface area (Å²) >= 11 is 0. The highest BCUT2D eigenvalue weighted by atomic mass is 16.5. The van der Waals surface area contributed by atoms with Crippen molar-refractivity contribution in [1.82, 2.24) is 5.32 Å². The van der Waals surface area contributed by atoms with Crippen LogP contribution in [-0.4, -0.2) is 31.6 Å². The second kappa shape index (κ2) is 11.2. The van der Waals surface area contributed by atoms with Gasteiger partial charge in [-0.1, -0.05) is 32.9 Å². The summed E-state index contributed by atoms with van der Waals surface area (Å²) in [4.78, 5) is 34.8. The van der Waals surface area contributed by atoms with Crippen molar-refractivity contribution in [2.45, 2.75) is 34.1 Å². The van der Waals surface area contributed by atoms with E-state index < -0.39 is 24.3 Å². The topological polar surface area (TPSA) is 81.7 Å². The van der Waals surface area contributed by atoms with E-state index in [1.165, 1.54) is 7.11 Å². The van der Waals surface area contributed by atoms with Gasteiger partial charge in [-0.05, 0) is 25.0 Å². The second-order valence-electron chi connectivity index (χ2n) is 4.43. The fourth-order valence-electron chi connectivity index (χ4n) is 1.67. The van der Waals surface area contributed by atoms with E-state index in [1.807, 2.05) is 32.9 Å². The number of nitrogens with one attached hydrogen (secondary N) is 1. The maximum atomic E-state index is 11.8. The molecule has 0 aromatic rings. The number of allylic oxidation sites excluding steroid dienone is 3. The number of amides is 1. The van der Waals surface area contributed by atoms with E-state index in [2.05, 4.69) is 10.1 Å². The maximum absolute atomic E-state index is 11.8. The molecule has 0 heterocycles. The third-order valence-corrected chi connectivity index (χ3v) is 2.71. The molecule has 1 unspecified atom stereocenters. The van der Waals surface area contributed by atoms with Crippen molar-refractivity contribution in [3.63, 3.8) is 0 Å². The van der Waals surface area contributed by atoms with Crippen LogP contribution in [0.15, 0.2) is 35.6 Å². The van der Waals surface area contributed by atoms with Gasteiger partial charge in [-0.15, -0.1) is 0 Å². The summed E-state index contributed by atoms with van der Waals surface area (Å²) < 4.78 is 9.39. The van der Waals surface area contributed by atoms with Gasteiger partial charge in [0.15, 0.2) is 0 Å². The Bertz CT molecular complexity index is 517. The van der Waals surface area contributed by atoms with Crippen molar-refractivity contribution in [3.8, 4) is 0 Å². The zero-order valence-corrected chi connectivity index (χ0v) is 14.3. The third-order valence-electron chi connectivity index (χ3n) is 2.71. The molecule has 1 amide bonds. The van der Waals surface area contributed by atoms with Crippen molar-refractivity contribution in [1.29, 1.82) is 0 Å². The highest BCUT2D eigenvalue weighted by Crippen LogP contribution is 2.15. The van der Waals surface area contributed by atoms with Gasteiger partial charge in [-0.2, -0.15) is 0 Å². The average Bonchev–Trinajstić information content (AvgIpc) is 2.71. The predicted octanol–water partition coefficient (Wildman–Crippen LogP) is 2.27. The van der Waals surface area contributed by atoms with Gasteiger partial charge >= 0.3 is 11.9 Å². The van der Waals surface area contributed by atoms with Gasteiger partial charge in [0.25, 0.3) is 0 Å². The molecule has 0 radical (unpaired) electrons. The van der Waals surface area contributed by atoms with Crippen LogP contribution in [0.1, 0.15) is 34.1 Å². The van der Waals surface area contributed by atoms with Crippen LogP contribution in [0, 0.1) is 5.92 Å². The van der Waals surface area contributed by atoms with E-state index in [-0.39, 0.29) is 18.1 Å². The summed E-state index contributed by atoms with van der Waals surface area (Å²) in [6, 6.07) is 0. The molecule has 1 N–H and O–H groups in total. The van der Waals surface area contributed by atoms with Crippen molar-refractivity contribution in [3.05, 3.63) is 35.6 Å². The molecule has 1 aliphatic carbocycles. The molecule has 0 aromatic heterocycles. The standard InChI is InChI=1S/C15H19NO5.C2H6/c1-4-21-14(18)9-13(17)16-12-8-6-10(2)5-7-11(12)15(19)20-3;1-2/h5-8,10H,4,9H2,1-3H3,(H,16,17);1-2H3. The summed E-state index contributed by atoms with van der Waals surface area (Å²) in [5, 5.41) is 2.54. The van der Waals surface area contributed by atoms with E-state index in [0.717, 1.165) is 0 Å². The van der Waals surface area contributed by atoms with Crippen LogP contribution in [0.25, 0.3) is 0 Å². The molecule has 1 rings (SSSR count). The van der Waals surface area contributed by atoms with E-state index in [0.29, 0.717) is 5.70 Å². The average molecular weight is 323 g/mol. The van der Waals surface area contributed by atoms with Gasteiger partial charge in [0, 0.05) is 0 Å². The Hall–Kier alpha value is -2.37. The molecule has 0 saturated heterocycles. The quantitative estimate of drug-likeness (QED) is 0.620. The minimum atomic E-state index is -0.614. The fourth-order valence-corrected chi connectivity index (χ4v) is 1.67. The molecule has 0 aromatic carbocycles. The van der Waals surface area contributed by atoms with Gasteiger partial charge in [0.1, 0.15) is 6.42 Å². The molecule has 1 atom stereocenters. The summed E-state index contributed by atoms with van der Waals surface area (Å²) in [6.07, 6.45) is 6.45. The molecule has 23 heavy (non-hydrogen) atoms. The van der Waals surface area contributed by atoms with Gasteiger partial charge in [0.2, 0.25) is 5.91 Å². The number of hydrogen-bond acceptors (Lipinski definition) is 5. The number of methoxy groups -OCH3 is 1. The smallest absolute Gasteiger partial charge is 0.339 e. The Labute approximate surface area is 137 Å². The molecule has 0 saturated carbocycles. The lowest BCUT2D eigenvalue weighted by Crippen LogP contribution is -2.27. The molecule has 6 nitrogen and oxygen atoms in total. The Balaban J connectivity index is 0.00000232. The lowest BCUT2D eigenvalue weighted by Gasteiger charge is -2.09. The first-order valence-electron chi connectivity index (χ1n) is 7.62. The summed E-state index contributed by atoms with van der Waals surface area (Å²) in [5.41, 5.74) is 0.534. The predicted molar refractivity (Wildman–Crippen MR) is 87.2 cm³/mol. The molecule has 1 aliphatic rings. The summed E-state index contributed by atoms with van der Waals surface area (Å²) in [7, 11) is 1.26. The van der Waals surface area contributed by atoms with Crippen LogP contribution < -0.4 is 5.32 Å². The lowest BCUT2D eigenvalue weighted by molar-refractivity contribution is -0.145. The highest BCUT2D eigenvalue weighted by Gasteiger charge is 2.18. The first kappa shape index (κ1) is 20.6. The van der Waals surface area contributed by atoms with Gasteiger partial charge in [-0.3, -0.25) is 9.59 Å². The van der Waals surface area contributed by atoms with Crippen LogP contribution >= 0.6 is 0 Å². The molecule has 0 fully saturated rings. The Kier molecular flexibility index (Phi) is 10.1. The zero-order valence-electron chi connectivity index (χ0n) is 14.3. The van der Waals surface area contributed by atoms with E-state index >= 15 is 0 Å². The molecular weight excluding hydrogens is 298 g/mol. The van der Waals surface area contributed by atoms with Crippen molar-refractivity contribution in [2.24, 2.45) is 5.92 Å². The third kappa shape index (κ3) is 7.44. The van der Waals surface area contributed by atoms with Crippen molar-refractivity contribution in [2.75, 3.05) is 13.7 Å². The molecule has 0 bridgehead atoms. The molecule has 0 spiro atoms. The largest absolute Gasteiger partial charge is 0.466 e. The number of carbonyl (C=O) groups is 3. The molecular formula is C17H25NO5. The Morgan fingerprint density at radius 3 is 2.35 bits per heavy atom. The normalized spacial score (nSPS) is 16.0. The number of rotatable bonds is 5. The number of ether oxygens (including phenoxy) is 2. The Morgan fingerprint density at radius 1 is 1.17 bits per heavy atom. The van der Waals surface area contributed by atoms with Gasteiger partial charge in [0.05, 0.1) is 25.0 Å². The van der Waals surface area contributed by atoms with Gasteiger partial charge < -0.3 is 14.8 Å². The van der Waals surface area contributed by atoms with Crippen LogP contribution in [0.5, 0.6) is 0 Å². The number of carbonyl (C=O) groups excluding carboxylic acids is 3. The summed E-state index contributed by atoms with van der Waals surface area (Å²) in [6.45, 7) is 7.81. The first-order valence-corrected chi connectivity index (χ1v) is 7.62. The number of esters is 2. The molecule has 128 valence electrons. The highest BCUT2D eigenvalue weighted by molar-refractivity contribution is 5.98. The maximum Gasteiger partial charge on any atom is 0.339 e. The lowest BCUT2D eigenvalue weighted by atomic mass is 10.1. The van der Waals surface area contributed by atoms with Crippen LogP contribution in [0.4, 0.5) is 0 Å². The van der Waals surface area contributed by atoms with E-state index in [1.54, 1.807) is 19.1 Å². The Morgan fingerprint density at radius 2 is 1.78 bits per heavy atom. The van der Waals surface area contributed by atoms with Crippen molar-refractivity contribution < 1.29 is 23.9 Å². The minimum Gasteiger partial charge on any atom is -0.466 e. The monoisotopic (exact) mass is 323 g/mol. The van der Waals surface area contributed by atoms with Crippen molar-refractivity contribution >= 4 is 17.8 Å². The van der Waals surface area contributed by atoms with Crippen LogP contribution in [0.2, 0.25) is 0 Å². The minimum absolute atomic E-state index is 0.115. The number of hydrogen-bond donors (Lipinski definition) is 1. The summed E-state index contributed by atoms with van der Waals surface area (Å²) in [5.74, 6) is -1.60. The van der Waals surface area contributed by atoms with E-state index in [4.69, 9.17) is 4.74 Å². The first-order chi connectivity index (χ1) is 11.0. The van der Waals surface area contributed by atoms with Crippen LogP contribution in [-0.2, 0) is 23.9 Å². The molecule has 0 aliphatic heterocycles. The SMILES string of the molecule is CC.CCOC(=O)CC(=O)NC1=C(C(=O)OC)C=CC(C)C=C1. The van der Waals surface area contributed by atoms with E-state index in [9.17, 15) is 14.4 Å². The molecule has 6 heteroatoms. The second-order valence-corrected chi connectivity index (χ2v) is 4.43. The zero-order chi connectivity index (χ0) is 17.8. The fraction of sp³-hybridized carbons (Fsp3) is 0.471.